The van der Waals surface area contributed by atoms with Gasteiger partial charge in [0.05, 0.1) is 11.4 Å². The van der Waals surface area contributed by atoms with E-state index in [2.05, 4.69) is 4.98 Å². The van der Waals surface area contributed by atoms with Gasteiger partial charge in [0, 0.05) is 13.0 Å². The fourth-order valence-electron chi connectivity index (χ4n) is 1.94. The number of aliphatic hydroxyl groups is 1. The Balaban J connectivity index is 2.13. The number of nitrogens with zero attached hydrogens (tertiary/aromatic N) is 1. The first-order valence-electron chi connectivity index (χ1n) is 5.40. The van der Waals surface area contributed by atoms with E-state index in [4.69, 9.17) is 9.52 Å². The predicted octanol–water partition coefficient (Wildman–Crippen LogP) is 0.849. The Morgan fingerprint density at radius 3 is 3.00 bits per heavy atom. The molecule has 0 amide bonds. The predicted molar refractivity (Wildman–Crippen MR) is 57.7 cm³/mol. The van der Waals surface area contributed by atoms with Crippen molar-refractivity contribution in [3.05, 3.63) is 17.8 Å². The lowest BCUT2D eigenvalue weighted by Crippen LogP contribution is -2.08. The summed E-state index contributed by atoms with van der Waals surface area (Å²) in [5.41, 5.74) is 0.519. The molecule has 0 aliphatic carbocycles. The van der Waals surface area contributed by atoms with Gasteiger partial charge in [0.15, 0.2) is 15.7 Å². The van der Waals surface area contributed by atoms with Crippen LogP contribution in [0.25, 0.3) is 0 Å². The van der Waals surface area contributed by atoms with Crippen LogP contribution in [0.15, 0.2) is 10.7 Å². The molecule has 0 saturated carbocycles. The lowest BCUT2D eigenvalue weighted by Gasteiger charge is -2.03. The summed E-state index contributed by atoms with van der Waals surface area (Å²) in [6.45, 7) is 0.0828. The van der Waals surface area contributed by atoms with Crippen molar-refractivity contribution in [2.45, 2.75) is 30.9 Å². The van der Waals surface area contributed by atoms with E-state index >= 15 is 0 Å². The van der Waals surface area contributed by atoms with Gasteiger partial charge in [-0.1, -0.05) is 0 Å². The fourth-order valence-corrected chi connectivity index (χ4v) is 3.80. The van der Waals surface area contributed by atoms with Crippen molar-refractivity contribution in [1.29, 1.82) is 0 Å². The number of aromatic nitrogens is 1. The summed E-state index contributed by atoms with van der Waals surface area (Å²) < 4.78 is 28.5. The normalized spacial score (nSPS) is 23.7. The van der Waals surface area contributed by atoms with E-state index in [1.54, 1.807) is 0 Å². The van der Waals surface area contributed by atoms with Gasteiger partial charge in [0.25, 0.3) is 0 Å². The van der Waals surface area contributed by atoms with Crippen LogP contribution in [-0.4, -0.2) is 30.9 Å². The van der Waals surface area contributed by atoms with Crippen molar-refractivity contribution >= 4 is 9.84 Å². The molecule has 1 aliphatic rings. The second kappa shape index (κ2) is 4.55. The van der Waals surface area contributed by atoms with Crippen LogP contribution < -0.4 is 0 Å². The average molecular weight is 245 g/mol. The number of rotatable bonds is 4. The molecule has 0 aromatic carbocycles. The Bertz CT molecular complexity index is 451. The minimum Gasteiger partial charge on any atom is -0.449 e. The topological polar surface area (TPSA) is 80.4 Å². The Hall–Kier alpha value is -0.880. The van der Waals surface area contributed by atoms with Crippen molar-refractivity contribution < 1.29 is 17.9 Å². The molecule has 1 N–H and O–H groups in total. The van der Waals surface area contributed by atoms with Gasteiger partial charge in [-0.2, -0.15) is 0 Å². The van der Waals surface area contributed by atoms with E-state index in [-0.39, 0.29) is 12.4 Å². The number of hydrogen-bond donors (Lipinski definition) is 1. The monoisotopic (exact) mass is 245 g/mol. The first-order chi connectivity index (χ1) is 7.63. The van der Waals surface area contributed by atoms with Crippen molar-refractivity contribution in [3.63, 3.8) is 0 Å². The zero-order valence-electron chi connectivity index (χ0n) is 8.92. The van der Waals surface area contributed by atoms with Gasteiger partial charge in [-0.25, -0.2) is 13.4 Å². The van der Waals surface area contributed by atoms with Gasteiger partial charge in [0.1, 0.15) is 11.5 Å². The third-order valence-corrected chi connectivity index (χ3v) is 4.98. The van der Waals surface area contributed by atoms with Crippen LogP contribution in [0, 0.1) is 0 Å². The van der Waals surface area contributed by atoms with Gasteiger partial charge in [-0.3, -0.25) is 0 Å². The molecule has 0 spiro atoms. The quantitative estimate of drug-likeness (QED) is 0.850. The molecule has 2 heterocycles. The van der Waals surface area contributed by atoms with Crippen molar-refractivity contribution in [2.24, 2.45) is 0 Å². The van der Waals surface area contributed by atoms with E-state index in [1.807, 2.05) is 0 Å². The highest BCUT2D eigenvalue weighted by Crippen LogP contribution is 2.33. The van der Waals surface area contributed by atoms with E-state index < -0.39 is 15.1 Å². The summed E-state index contributed by atoms with van der Waals surface area (Å²) in [6.07, 6.45) is 3.89. The number of hydrogen-bond acceptors (Lipinski definition) is 5. The van der Waals surface area contributed by atoms with Crippen LogP contribution in [0.2, 0.25) is 0 Å². The van der Waals surface area contributed by atoms with Gasteiger partial charge in [-0.15, -0.1) is 0 Å². The Morgan fingerprint density at radius 2 is 2.38 bits per heavy atom. The number of oxazole rings is 1. The molecule has 16 heavy (non-hydrogen) atoms. The highest BCUT2D eigenvalue weighted by Gasteiger charge is 2.34. The van der Waals surface area contributed by atoms with Crippen LogP contribution in [-0.2, 0) is 16.3 Å². The molecule has 1 unspecified atom stereocenters. The maximum Gasteiger partial charge on any atom is 0.194 e. The zero-order chi connectivity index (χ0) is 11.6. The lowest BCUT2D eigenvalue weighted by molar-refractivity contribution is 0.283. The molecule has 2 rings (SSSR count). The molecule has 1 saturated heterocycles. The van der Waals surface area contributed by atoms with Gasteiger partial charge < -0.3 is 9.52 Å². The minimum atomic E-state index is -3.02. The van der Waals surface area contributed by atoms with Crippen LogP contribution in [0.4, 0.5) is 0 Å². The maximum absolute atomic E-state index is 11.7. The second-order valence-corrected chi connectivity index (χ2v) is 6.29. The van der Waals surface area contributed by atoms with Gasteiger partial charge >= 0.3 is 0 Å². The molecule has 1 atom stereocenters. The fraction of sp³-hybridized carbons (Fsp3) is 0.700. The number of sulfone groups is 1. The standard InChI is InChI=1S/C10H15NO4S/c12-5-1-4-10-11-8(7-15-10)9-3-2-6-16(9,13)14/h7,9,12H,1-6H2. The molecule has 1 aliphatic heterocycles. The Labute approximate surface area is 94.4 Å². The first kappa shape index (κ1) is 11.6. The van der Waals surface area contributed by atoms with Crippen molar-refractivity contribution in [3.8, 4) is 0 Å². The van der Waals surface area contributed by atoms with Crippen LogP contribution in [0.3, 0.4) is 0 Å². The molecule has 6 heteroatoms. The summed E-state index contributed by atoms with van der Waals surface area (Å²) in [4.78, 5) is 4.17. The molecule has 1 aromatic heterocycles. The average Bonchev–Trinajstić information content (AvgIpc) is 2.81. The van der Waals surface area contributed by atoms with Crippen LogP contribution in [0.1, 0.15) is 36.1 Å². The SMILES string of the molecule is O=S1(=O)CCCC1c1coc(CCCO)n1. The highest BCUT2D eigenvalue weighted by molar-refractivity contribution is 7.91. The number of aliphatic hydroxyl groups excluding tert-OH is 1. The highest BCUT2D eigenvalue weighted by atomic mass is 32.2. The Morgan fingerprint density at radius 1 is 1.56 bits per heavy atom. The van der Waals surface area contributed by atoms with Crippen molar-refractivity contribution in [2.75, 3.05) is 12.4 Å². The third-order valence-electron chi connectivity index (χ3n) is 2.78. The van der Waals surface area contributed by atoms with E-state index in [1.165, 1.54) is 6.26 Å². The minimum absolute atomic E-state index is 0.0828. The largest absolute Gasteiger partial charge is 0.449 e. The number of aryl methyl sites for hydroxylation is 1. The third kappa shape index (κ3) is 2.27. The molecule has 90 valence electrons. The molecular weight excluding hydrogens is 230 g/mol. The second-order valence-electron chi connectivity index (χ2n) is 3.99. The summed E-state index contributed by atoms with van der Waals surface area (Å²) >= 11 is 0. The maximum atomic E-state index is 11.7. The summed E-state index contributed by atoms with van der Waals surface area (Å²) in [5.74, 6) is 0.752. The molecular formula is C10H15NO4S. The van der Waals surface area contributed by atoms with E-state index in [0.717, 1.165) is 0 Å². The molecule has 0 bridgehead atoms. The zero-order valence-corrected chi connectivity index (χ0v) is 9.74. The molecule has 1 fully saturated rings. The molecule has 5 nitrogen and oxygen atoms in total. The Kier molecular flexibility index (Phi) is 3.30. The van der Waals surface area contributed by atoms with Crippen LogP contribution in [0.5, 0.6) is 0 Å². The summed E-state index contributed by atoms with van der Waals surface area (Å²) in [7, 11) is -3.02. The van der Waals surface area contributed by atoms with Crippen LogP contribution >= 0.6 is 0 Å². The molecule has 0 radical (unpaired) electrons. The first-order valence-corrected chi connectivity index (χ1v) is 7.12. The summed E-state index contributed by atoms with van der Waals surface area (Å²) in [5, 5.41) is 8.18. The lowest BCUT2D eigenvalue weighted by atomic mass is 10.2. The van der Waals surface area contributed by atoms with Crippen molar-refractivity contribution in [1.82, 2.24) is 4.98 Å². The van der Waals surface area contributed by atoms with E-state index in [9.17, 15) is 8.42 Å². The van der Waals surface area contributed by atoms with Gasteiger partial charge in [0.2, 0.25) is 0 Å². The summed E-state index contributed by atoms with van der Waals surface area (Å²) in [6, 6.07) is 0. The van der Waals surface area contributed by atoms with Gasteiger partial charge in [-0.05, 0) is 19.3 Å². The van der Waals surface area contributed by atoms with E-state index in [0.29, 0.717) is 37.3 Å². The smallest absolute Gasteiger partial charge is 0.194 e. The molecule has 1 aromatic rings.